The molecular weight excluding hydrogens is 262 g/mol. The zero-order valence-electron chi connectivity index (χ0n) is 13.2. The van der Waals surface area contributed by atoms with Gasteiger partial charge in [0.2, 0.25) is 0 Å². The van der Waals surface area contributed by atoms with E-state index in [0.29, 0.717) is 6.04 Å². The lowest BCUT2D eigenvalue weighted by atomic mass is 9.85. The number of aryl methyl sites for hydroxylation is 1. The normalized spacial score (nSPS) is 13.4. The molecule has 0 amide bonds. The summed E-state index contributed by atoms with van der Waals surface area (Å²) in [5.41, 5.74) is 5.73. The van der Waals surface area contributed by atoms with Crippen LogP contribution in [0.1, 0.15) is 56.0 Å². The van der Waals surface area contributed by atoms with E-state index in [1.54, 1.807) is 11.3 Å². The lowest BCUT2D eigenvalue weighted by Gasteiger charge is -2.22. The molecule has 1 unspecified atom stereocenters. The van der Waals surface area contributed by atoms with Crippen molar-refractivity contribution in [2.24, 2.45) is 0 Å². The van der Waals surface area contributed by atoms with Crippen LogP contribution in [0.25, 0.3) is 0 Å². The molecule has 1 nitrogen and oxygen atoms in total. The first-order chi connectivity index (χ1) is 9.43. The van der Waals surface area contributed by atoms with Crippen LogP contribution in [0.3, 0.4) is 0 Å². The number of benzene rings is 1. The van der Waals surface area contributed by atoms with E-state index in [1.807, 2.05) is 0 Å². The minimum atomic E-state index is 0.213. The van der Waals surface area contributed by atoms with E-state index in [1.165, 1.54) is 22.3 Å². The van der Waals surface area contributed by atoms with Gasteiger partial charge in [-0.2, -0.15) is 11.3 Å². The molecule has 0 saturated heterocycles. The van der Waals surface area contributed by atoms with Crippen molar-refractivity contribution >= 4 is 11.3 Å². The molecule has 108 valence electrons. The smallest absolute Gasteiger partial charge is 0.0587 e. The number of hydrogen-bond donors (Lipinski definition) is 1. The third kappa shape index (κ3) is 3.31. The van der Waals surface area contributed by atoms with Gasteiger partial charge in [0.25, 0.3) is 0 Å². The van der Waals surface area contributed by atoms with E-state index in [9.17, 15) is 0 Å². The highest BCUT2D eigenvalue weighted by atomic mass is 32.1. The van der Waals surface area contributed by atoms with Crippen molar-refractivity contribution in [3.63, 3.8) is 0 Å². The first-order valence-corrected chi connectivity index (χ1v) is 8.24. The monoisotopic (exact) mass is 287 g/mol. The van der Waals surface area contributed by atoms with Crippen LogP contribution in [0.15, 0.2) is 35.0 Å². The zero-order chi connectivity index (χ0) is 14.8. The average Bonchev–Trinajstić information content (AvgIpc) is 2.81. The molecule has 1 aromatic carbocycles. The fourth-order valence-corrected chi connectivity index (χ4v) is 3.33. The summed E-state index contributed by atoms with van der Waals surface area (Å²) in [6.07, 6.45) is 0. The molecule has 1 heterocycles. The topological polar surface area (TPSA) is 12.0 Å². The van der Waals surface area contributed by atoms with Crippen LogP contribution in [-0.4, -0.2) is 6.54 Å². The average molecular weight is 287 g/mol. The number of nitrogens with one attached hydrogen (secondary N) is 1. The van der Waals surface area contributed by atoms with Gasteiger partial charge in [0.05, 0.1) is 6.04 Å². The van der Waals surface area contributed by atoms with Crippen LogP contribution in [0.4, 0.5) is 0 Å². The van der Waals surface area contributed by atoms with Crippen molar-refractivity contribution in [1.29, 1.82) is 0 Å². The Morgan fingerprint density at radius 1 is 1.10 bits per heavy atom. The fourth-order valence-electron chi connectivity index (χ4n) is 2.45. The molecule has 0 aliphatic carbocycles. The Bertz CT molecular complexity index is 546. The van der Waals surface area contributed by atoms with Crippen LogP contribution in [0.5, 0.6) is 0 Å². The summed E-state index contributed by atoms with van der Waals surface area (Å²) in [5, 5.41) is 8.10. The highest BCUT2D eigenvalue weighted by Gasteiger charge is 2.18. The Morgan fingerprint density at radius 3 is 2.20 bits per heavy atom. The molecular formula is C18H25NS. The molecule has 0 bridgehead atoms. The quantitative estimate of drug-likeness (QED) is 0.829. The van der Waals surface area contributed by atoms with E-state index in [4.69, 9.17) is 0 Å². The second kappa shape index (κ2) is 6.11. The van der Waals surface area contributed by atoms with Crippen molar-refractivity contribution in [2.75, 3.05) is 6.54 Å². The van der Waals surface area contributed by atoms with E-state index >= 15 is 0 Å². The van der Waals surface area contributed by atoms with E-state index < -0.39 is 0 Å². The van der Waals surface area contributed by atoms with Gasteiger partial charge in [-0.05, 0) is 51.9 Å². The second-order valence-corrected chi connectivity index (χ2v) is 7.12. The lowest BCUT2D eigenvalue weighted by Crippen LogP contribution is -2.22. The third-order valence-electron chi connectivity index (χ3n) is 3.72. The van der Waals surface area contributed by atoms with E-state index in [0.717, 1.165) is 6.54 Å². The fraction of sp³-hybridized carbons (Fsp3) is 0.444. The van der Waals surface area contributed by atoms with E-state index in [-0.39, 0.29) is 5.41 Å². The Kier molecular flexibility index (Phi) is 4.66. The van der Waals surface area contributed by atoms with Gasteiger partial charge in [-0.15, -0.1) is 0 Å². The predicted octanol–water partition coefficient (Wildman–Crippen LogP) is 5.05. The molecule has 1 atom stereocenters. The summed E-state index contributed by atoms with van der Waals surface area (Å²) in [7, 11) is 0. The molecule has 2 aromatic rings. The summed E-state index contributed by atoms with van der Waals surface area (Å²) >= 11 is 1.78. The molecule has 0 radical (unpaired) electrons. The van der Waals surface area contributed by atoms with Crippen LogP contribution >= 0.6 is 11.3 Å². The van der Waals surface area contributed by atoms with Gasteiger partial charge >= 0.3 is 0 Å². The van der Waals surface area contributed by atoms with Crippen molar-refractivity contribution in [2.45, 2.75) is 46.1 Å². The van der Waals surface area contributed by atoms with Gasteiger partial charge in [0, 0.05) is 0 Å². The van der Waals surface area contributed by atoms with Crippen LogP contribution < -0.4 is 5.32 Å². The van der Waals surface area contributed by atoms with Gasteiger partial charge in [0.1, 0.15) is 0 Å². The maximum Gasteiger partial charge on any atom is 0.0587 e. The minimum absolute atomic E-state index is 0.213. The van der Waals surface area contributed by atoms with E-state index in [2.05, 4.69) is 75.0 Å². The zero-order valence-corrected chi connectivity index (χ0v) is 14.0. The molecule has 0 aliphatic heterocycles. The van der Waals surface area contributed by atoms with Crippen molar-refractivity contribution in [3.8, 4) is 0 Å². The molecule has 0 saturated carbocycles. The Morgan fingerprint density at radius 2 is 1.75 bits per heavy atom. The first-order valence-electron chi connectivity index (χ1n) is 7.30. The molecule has 20 heavy (non-hydrogen) atoms. The maximum atomic E-state index is 3.61. The number of rotatable bonds is 4. The Labute approximate surface area is 127 Å². The van der Waals surface area contributed by atoms with Crippen molar-refractivity contribution in [1.82, 2.24) is 5.32 Å². The number of hydrogen-bond acceptors (Lipinski definition) is 2. The minimum Gasteiger partial charge on any atom is -0.306 e. The number of thiophene rings is 1. The van der Waals surface area contributed by atoms with Crippen LogP contribution in [0.2, 0.25) is 0 Å². The second-order valence-electron chi connectivity index (χ2n) is 6.37. The Hall–Kier alpha value is -1.12. The summed E-state index contributed by atoms with van der Waals surface area (Å²) in [6, 6.07) is 9.37. The van der Waals surface area contributed by atoms with Crippen molar-refractivity contribution in [3.05, 3.63) is 57.3 Å². The van der Waals surface area contributed by atoms with Gasteiger partial charge in [-0.25, -0.2) is 0 Å². The molecule has 0 aliphatic rings. The third-order valence-corrected chi connectivity index (χ3v) is 4.60. The summed E-state index contributed by atoms with van der Waals surface area (Å²) in [6.45, 7) is 12.1. The molecule has 2 rings (SSSR count). The maximum absolute atomic E-state index is 3.61. The first kappa shape index (κ1) is 15.3. The van der Waals surface area contributed by atoms with Gasteiger partial charge in [0.15, 0.2) is 0 Å². The largest absolute Gasteiger partial charge is 0.306 e. The molecule has 2 heteroatoms. The molecule has 0 fully saturated rings. The summed E-state index contributed by atoms with van der Waals surface area (Å²) < 4.78 is 0. The highest BCUT2D eigenvalue weighted by Crippen LogP contribution is 2.29. The van der Waals surface area contributed by atoms with Gasteiger partial charge in [-0.1, -0.05) is 52.0 Å². The van der Waals surface area contributed by atoms with Crippen LogP contribution in [-0.2, 0) is 5.41 Å². The highest BCUT2D eigenvalue weighted by molar-refractivity contribution is 7.08. The molecule has 1 N–H and O–H groups in total. The van der Waals surface area contributed by atoms with Gasteiger partial charge < -0.3 is 5.32 Å². The molecule has 0 spiro atoms. The standard InChI is InChI=1S/C18H25NS/c1-6-19-17(16-12-20-11-13(16)2)14-7-9-15(10-8-14)18(3,4)5/h7-12,17,19H,6H2,1-5H3. The molecule has 1 aromatic heterocycles. The van der Waals surface area contributed by atoms with Gasteiger partial charge in [-0.3, -0.25) is 0 Å². The van der Waals surface area contributed by atoms with Crippen molar-refractivity contribution < 1.29 is 0 Å². The SMILES string of the molecule is CCNC(c1ccc(C(C)(C)C)cc1)c1cscc1C. The Balaban J connectivity index is 2.33. The van der Waals surface area contributed by atoms with Crippen LogP contribution in [0, 0.1) is 6.92 Å². The lowest BCUT2D eigenvalue weighted by molar-refractivity contribution is 0.587. The predicted molar refractivity (Wildman–Crippen MR) is 89.7 cm³/mol. The summed E-state index contributed by atoms with van der Waals surface area (Å²) in [5.74, 6) is 0. The summed E-state index contributed by atoms with van der Waals surface area (Å²) in [4.78, 5) is 0.